The number of fused-ring (bicyclic) bond motifs is 1. The number of ether oxygens (including phenoxy) is 2. The third-order valence-corrected chi connectivity index (χ3v) is 4.34. The molecule has 0 aromatic heterocycles. The second-order valence-electron chi connectivity index (χ2n) is 6.14. The molecule has 2 N–H and O–H groups in total. The number of nitrogens with one attached hydrogen (secondary N) is 2. The highest BCUT2D eigenvalue weighted by atomic mass is 16.5. The first-order valence-corrected chi connectivity index (χ1v) is 8.89. The van der Waals surface area contributed by atoms with Crippen LogP contribution in [0.1, 0.15) is 20.7 Å². The van der Waals surface area contributed by atoms with E-state index in [1.54, 1.807) is 24.3 Å². The lowest BCUT2D eigenvalue weighted by Crippen LogP contribution is -2.34. The molecule has 0 aliphatic carbocycles. The molecule has 0 aliphatic heterocycles. The summed E-state index contributed by atoms with van der Waals surface area (Å²) in [7, 11) is 3.05. The Morgan fingerprint density at radius 2 is 1.39 bits per heavy atom. The lowest BCUT2D eigenvalue weighted by molar-refractivity contribution is 0.0928. The number of methoxy groups -OCH3 is 2. The van der Waals surface area contributed by atoms with Crippen LogP contribution in [0.5, 0.6) is 11.5 Å². The van der Waals surface area contributed by atoms with Gasteiger partial charge in [0.25, 0.3) is 11.8 Å². The first kappa shape index (κ1) is 19.2. The van der Waals surface area contributed by atoms with Crippen LogP contribution in [0.15, 0.2) is 60.7 Å². The van der Waals surface area contributed by atoms with Crippen LogP contribution in [-0.2, 0) is 0 Å². The van der Waals surface area contributed by atoms with Gasteiger partial charge in [-0.3, -0.25) is 9.59 Å². The highest BCUT2D eigenvalue weighted by molar-refractivity contribution is 6.07. The summed E-state index contributed by atoms with van der Waals surface area (Å²) in [4.78, 5) is 24.8. The number of hydrogen-bond donors (Lipinski definition) is 2. The van der Waals surface area contributed by atoms with E-state index in [0.717, 1.165) is 10.8 Å². The van der Waals surface area contributed by atoms with Gasteiger partial charge in [-0.25, -0.2) is 0 Å². The Morgan fingerprint density at radius 3 is 2.07 bits per heavy atom. The van der Waals surface area contributed by atoms with E-state index in [0.29, 0.717) is 35.7 Å². The van der Waals surface area contributed by atoms with Gasteiger partial charge in [-0.2, -0.15) is 0 Å². The van der Waals surface area contributed by atoms with Crippen LogP contribution in [0, 0.1) is 0 Å². The molecule has 0 saturated carbocycles. The maximum Gasteiger partial charge on any atom is 0.251 e. The molecule has 0 atom stereocenters. The quantitative estimate of drug-likeness (QED) is 0.620. The van der Waals surface area contributed by atoms with Gasteiger partial charge < -0.3 is 20.1 Å². The Morgan fingerprint density at radius 1 is 0.786 bits per heavy atom. The van der Waals surface area contributed by atoms with E-state index in [2.05, 4.69) is 10.6 Å². The second kappa shape index (κ2) is 8.90. The molecule has 2 amide bonds. The van der Waals surface area contributed by atoms with Crippen LogP contribution in [0.4, 0.5) is 0 Å². The third-order valence-electron chi connectivity index (χ3n) is 4.34. The van der Waals surface area contributed by atoms with Gasteiger partial charge in [0, 0.05) is 30.3 Å². The van der Waals surface area contributed by atoms with Crippen LogP contribution < -0.4 is 20.1 Å². The summed E-state index contributed by atoms with van der Waals surface area (Å²) in [6, 6.07) is 18.3. The Bertz CT molecular complexity index is 973. The minimum Gasteiger partial charge on any atom is -0.497 e. The Hall–Kier alpha value is -3.54. The van der Waals surface area contributed by atoms with Crippen LogP contribution in [0.2, 0.25) is 0 Å². The third kappa shape index (κ3) is 4.40. The van der Waals surface area contributed by atoms with E-state index >= 15 is 0 Å². The Balaban J connectivity index is 1.57. The van der Waals surface area contributed by atoms with Crippen molar-refractivity contribution in [2.24, 2.45) is 0 Å². The van der Waals surface area contributed by atoms with E-state index in [9.17, 15) is 9.59 Å². The molecular formula is C22H22N2O4. The highest BCUT2D eigenvalue weighted by Crippen LogP contribution is 2.22. The van der Waals surface area contributed by atoms with Crippen molar-refractivity contribution in [2.45, 2.75) is 0 Å². The number of carbonyl (C=O) groups is 2. The molecule has 0 unspecified atom stereocenters. The zero-order chi connectivity index (χ0) is 19.9. The molecule has 28 heavy (non-hydrogen) atoms. The largest absolute Gasteiger partial charge is 0.497 e. The summed E-state index contributed by atoms with van der Waals surface area (Å²) in [6.45, 7) is 0.615. The van der Waals surface area contributed by atoms with E-state index in [-0.39, 0.29) is 11.8 Å². The van der Waals surface area contributed by atoms with E-state index < -0.39 is 0 Å². The zero-order valence-corrected chi connectivity index (χ0v) is 15.8. The fourth-order valence-electron chi connectivity index (χ4n) is 2.91. The summed E-state index contributed by atoms with van der Waals surface area (Å²) in [5.41, 5.74) is 1.04. The molecule has 0 saturated heterocycles. The second-order valence-corrected chi connectivity index (χ2v) is 6.14. The topological polar surface area (TPSA) is 76.7 Å². The van der Waals surface area contributed by atoms with Crippen molar-refractivity contribution in [1.29, 1.82) is 0 Å². The molecule has 0 spiro atoms. The molecular weight excluding hydrogens is 356 g/mol. The normalized spacial score (nSPS) is 10.4. The molecule has 0 aliphatic rings. The standard InChI is InChI=1S/C22H22N2O4/c1-27-17-12-16(13-18(14-17)28-2)21(25)23-10-11-24-22(26)20-9-5-7-15-6-3-4-8-19(15)20/h3-9,12-14H,10-11H2,1-2H3,(H,23,25)(H,24,26). The summed E-state index contributed by atoms with van der Waals surface area (Å²) < 4.78 is 10.3. The summed E-state index contributed by atoms with van der Waals surface area (Å²) in [6.07, 6.45) is 0. The van der Waals surface area contributed by atoms with Gasteiger partial charge in [-0.1, -0.05) is 36.4 Å². The first-order valence-electron chi connectivity index (χ1n) is 8.89. The molecule has 3 aromatic rings. The van der Waals surface area contributed by atoms with Gasteiger partial charge in [-0.15, -0.1) is 0 Å². The lowest BCUT2D eigenvalue weighted by Gasteiger charge is -2.10. The lowest BCUT2D eigenvalue weighted by atomic mass is 10.0. The van der Waals surface area contributed by atoms with Gasteiger partial charge in [0.2, 0.25) is 0 Å². The van der Waals surface area contributed by atoms with Gasteiger partial charge in [-0.05, 0) is 29.0 Å². The smallest absolute Gasteiger partial charge is 0.251 e. The number of benzene rings is 3. The number of hydrogen-bond acceptors (Lipinski definition) is 4. The van der Waals surface area contributed by atoms with Crippen molar-refractivity contribution >= 4 is 22.6 Å². The highest BCUT2D eigenvalue weighted by Gasteiger charge is 2.11. The van der Waals surface area contributed by atoms with E-state index in [4.69, 9.17) is 9.47 Å². The van der Waals surface area contributed by atoms with Gasteiger partial charge in [0.05, 0.1) is 14.2 Å². The molecule has 0 radical (unpaired) electrons. The van der Waals surface area contributed by atoms with Crippen molar-refractivity contribution in [3.05, 3.63) is 71.8 Å². The summed E-state index contributed by atoms with van der Waals surface area (Å²) in [5.74, 6) is 0.633. The monoisotopic (exact) mass is 378 g/mol. The van der Waals surface area contributed by atoms with E-state index in [1.165, 1.54) is 14.2 Å². The molecule has 144 valence electrons. The Labute approximate surface area is 163 Å². The fraction of sp³-hybridized carbons (Fsp3) is 0.182. The first-order chi connectivity index (χ1) is 13.6. The van der Waals surface area contributed by atoms with E-state index in [1.807, 2.05) is 36.4 Å². The van der Waals surface area contributed by atoms with Crippen LogP contribution >= 0.6 is 0 Å². The zero-order valence-electron chi connectivity index (χ0n) is 15.8. The van der Waals surface area contributed by atoms with Crippen molar-refractivity contribution in [2.75, 3.05) is 27.3 Å². The molecule has 6 nitrogen and oxygen atoms in total. The van der Waals surface area contributed by atoms with Crippen molar-refractivity contribution in [3.8, 4) is 11.5 Å². The van der Waals surface area contributed by atoms with Crippen molar-refractivity contribution < 1.29 is 19.1 Å². The number of amides is 2. The maximum absolute atomic E-state index is 12.5. The molecule has 6 heteroatoms. The van der Waals surface area contributed by atoms with Crippen LogP contribution in [-0.4, -0.2) is 39.1 Å². The SMILES string of the molecule is COc1cc(OC)cc(C(=O)NCCNC(=O)c2cccc3ccccc23)c1. The number of rotatable bonds is 7. The van der Waals surface area contributed by atoms with Crippen LogP contribution in [0.25, 0.3) is 10.8 Å². The Kier molecular flexibility index (Phi) is 6.11. The molecule has 0 heterocycles. The molecule has 3 rings (SSSR count). The fourth-order valence-corrected chi connectivity index (χ4v) is 2.91. The summed E-state index contributed by atoms with van der Waals surface area (Å²) in [5, 5.41) is 7.53. The van der Waals surface area contributed by atoms with Crippen molar-refractivity contribution in [1.82, 2.24) is 10.6 Å². The minimum absolute atomic E-state index is 0.172. The predicted molar refractivity (Wildman–Crippen MR) is 108 cm³/mol. The van der Waals surface area contributed by atoms with Gasteiger partial charge >= 0.3 is 0 Å². The maximum atomic E-state index is 12.5. The molecule has 0 fully saturated rings. The van der Waals surface area contributed by atoms with Gasteiger partial charge in [0.15, 0.2) is 0 Å². The number of carbonyl (C=O) groups excluding carboxylic acids is 2. The average Bonchev–Trinajstić information content (AvgIpc) is 2.75. The molecule has 3 aromatic carbocycles. The van der Waals surface area contributed by atoms with Crippen LogP contribution in [0.3, 0.4) is 0 Å². The minimum atomic E-state index is -0.267. The van der Waals surface area contributed by atoms with Gasteiger partial charge in [0.1, 0.15) is 11.5 Å². The van der Waals surface area contributed by atoms with Crippen molar-refractivity contribution in [3.63, 3.8) is 0 Å². The summed E-state index contributed by atoms with van der Waals surface area (Å²) >= 11 is 0. The average molecular weight is 378 g/mol. The predicted octanol–water partition coefficient (Wildman–Crippen LogP) is 3.02. The molecule has 0 bridgehead atoms.